The molecule has 0 aromatic carbocycles. The number of rotatable bonds is 7. The van der Waals surface area contributed by atoms with Crippen molar-refractivity contribution in [2.45, 2.75) is 39.7 Å². The van der Waals surface area contributed by atoms with Crippen molar-refractivity contribution in [1.82, 2.24) is 9.97 Å². The van der Waals surface area contributed by atoms with Crippen LogP contribution in [0.3, 0.4) is 0 Å². The molecule has 2 aromatic heterocycles. The van der Waals surface area contributed by atoms with Crippen LogP contribution < -0.4 is 11.1 Å². The Balaban J connectivity index is 1.89. The number of thiophene rings is 1. The van der Waals surface area contributed by atoms with Gasteiger partial charge in [0.1, 0.15) is 10.6 Å². The maximum atomic E-state index is 5.74. The fourth-order valence-electron chi connectivity index (χ4n) is 1.95. The third-order valence-electron chi connectivity index (χ3n) is 2.85. The van der Waals surface area contributed by atoms with Gasteiger partial charge >= 0.3 is 0 Å². The molecule has 2 heterocycles. The molecule has 3 N–H and O–H groups in total. The number of nitrogen functional groups attached to an aromatic ring is 1. The Kier molecular flexibility index (Phi) is 5.14. The van der Waals surface area contributed by atoms with Crippen molar-refractivity contribution < 1.29 is 4.74 Å². The third-order valence-corrected chi connectivity index (χ3v) is 3.79. The van der Waals surface area contributed by atoms with Crippen molar-refractivity contribution in [3.05, 3.63) is 10.9 Å². The molecular weight excluding hydrogens is 272 g/mol. The summed E-state index contributed by atoms with van der Waals surface area (Å²) in [5.74, 6) is 1.16. The molecular formula is C14H22N4OS. The Morgan fingerprint density at radius 1 is 1.35 bits per heavy atom. The Hall–Kier alpha value is -1.40. The Bertz CT molecular complexity index is 568. The molecule has 0 atom stereocenters. The van der Waals surface area contributed by atoms with Crippen LogP contribution in [0.25, 0.3) is 10.2 Å². The first kappa shape index (κ1) is 15.0. The molecule has 0 fully saturated rings. The lowest BCUT2D eigenvalue weighted by molar-refractivity contribution is 0.0765. The summed E-state index contributed by atoms with van der Waals surface area (Å²) in [5.41, 5.74) is 5.74. The van der Waals surface area contributed by atoms with Crippen molar-refractivity contribution in [2.24, 2.45) is 0 Å². The summed E-state index contributed by atoms with van der Waals surface area (Å²) in [6, 6.07) is 2.10. The van der Waals surface area contributed by atoms with E-state index in [4.69, 9.17) is 10.5 Å². The molecule has 0 radical (unpaired) electrons. The Labute approximate surface area is 123 Å². The zero-order valence-electron chi connectivity index (χ0n) is 12.3. The third kappa shape index (κ3) is 4.05. The molecule has 6 heteroatoms. The van der Waals surface area contributed by atoms with Crippen molar-refractivity contribution in [3.63, 3.8) is 0 Å². The van der Waals surface area contributed by atoms with Crippen LogP contribution in [-0.2, 0) is 4.74 Å². The SMILES string of the molecule is Cc1cc2c(NCCCCOC(C)C)nc(N)nc2s1. The number of hydrogen-bond acceptors (Lipinski definition) is 6. The van der Waals surface area contributed by atoms with Crippen LogP contribution in [0.4, 0.5) is 11.8 Å². The van der Waals surface area contributed by atoms with E-state index < -0.39 is 0 Å². The number of anilines is 2. The maximum absolute atomic E-state index is 5.74. The van der Waals surface area contributed by atoms with Crippen LogP contribution in [0.2, 0.25) is 0 Å². The molecule has 2 rings (SSSR count). The average molecular weight is 294 g/mol. The largest absolute Gasteiger partial charge is 0.379 e. The predicted molar refractivity (Wildman–Crippen MR) is 85.4 cm³/mol. The lowest BCUT2D eigenvalue weighted by Gasteiger charge is -2.09. The first-order chi connectivity index (χ1) is 9.56. The van der Waals surface area contributed by atoms with Crippen LogP contribution in [0.1, 0.15) is 31.6 Å². The maximum Gasteiger partial charge on any atom is 0.223 e. The first-order valence-electron chi connectivity index (χ1n) is 6.95. The van der Waals surface area contributed by atoms with Gasteiger partial charge in [-0.05, 0) is 39.7 Å². The van der Waals surface area contributed by atoms with Gasteiger partial charge in [0, 0.05) is 18.0 Å². The lowest BCUT2D eigenvalue weighted by Crippen LogP contribution is -2.08. The molecule has 0 aliphatic rings. The molecule has 0 aliphatic heterocycles. The van der Waals surface area contributed by atoms with E-state index in [-0.39, 0.29) is 0 Å². The zero-order valence-corrected chi connectivity index (χ0v) is 13.1. The molecule has 0 amide bonds. The van der Waals surface area contributed by atoms with Crippen molar-refractivity contribution in [2.75, 3.05) is 24.2 Å². The number of aryl methyl sites for hydroxylation is 1. The highest BCUT2D eigenvalue weighted by Gasteiger charge is 2.08. The average Bonchev–Trinajstić information content (AvgIpc) is 2.73. The highest BCUT2D eigenvalue weighted by Crippen LogP contribution is 2.28. The summed E-state index contributed by atoms with van der Waals surface area (Å²) >= 11 is 1.64. The summed E-state index contributed by atoms with van der Waals surface area (Å²) in [4.78, 5) is 10.7. The van der Waals surface area contributed by atoms with E-state index in [0.29, 0.717) is 12.1 Å². The molecule has 0 saturated carbocycles. The van der Waals surface area contributed by atoms with Crippen LogP contribution in [-0.4, -0.2) is 29.2 Å². The molecule has 0 saturated heterocycles. The summed E-state index contributed by atoms with van der Waals surface area (Å²) in [5, 5.41) is 4.41. The summed E-state index contributed by atoms with van der Waals surface area (Å²) < 4.78 is 5.52. The monoisotopic (exact) mass is 294 g/mol. The normalized spacial score (nSPS) is 11.4. The minimum absolute atomic E-state index is 0.304. The van der Waals surface area contributed by atoms with Gasteiger partial charge in [-0.25, -0.2) is 4.98 Å². The van der Waals surface area contributed by atoms with E-state index in [1.165, 1.54) is 4.88 Å². The molecule has 0 spiro atoms. The number of fused-ring (bicyclic) bond motifs is 1. The van der Waals surface area contributed by atoms with E-state index in [1.54, 1.807) is 11.3 Å². The van der Waals surface area contributed by atoms with Gasteiger partial charge < -0.3 is 15.8 Å². The molecule has 0 bridgehead atoms. The van der Waals surface area contributed by atoms with Crippen LogP contribution in [0.5, 0.6) is 0 Å². The second-order valence-electron chi connectivity index (χ2n) is 5.06. The standard InChI is InChI=1S/C14H22N4OS/c1-9(2)19-7-5-4-6-16-12-11-8-10(3)20-13(11)18-14(15)17-12/h8-9H,4-7H2,1-3H3,(H3,15,16,17,18). The zero-order chi connectivity index (χ0) is 14.5. The molecule has 0 unspecified atom stereocenters. The fraction of sp³-hybridized carbons (Fsp3) is 0.571. The number of ether oxygens (including phenoxy) is 1. The number of hydrogen-bond donors (Lipinski definition) is 2. The molecule has 2 aromatic rings. The molecule has 5 nitrogen and oxygen atoms in total. The van der Waals surface area contributed by atoms with E-state index in [0.717, 1.165) is 42.0 Å². The minimum Gasteiger partial charge on any atom is -0.379 e. The van der Waals surface area contributed by atoms with Gasteiger partial charge in [0.2, 0.25) is 5.95 Å². The van der Waals surface area contributed by atoms with Gasteiger partial charge in [-0.1, -0.05) is 0 Å². The van der Waals surface area contributed by atoms with Crippen LogP contribution >= 0.6 is 11.3 Å². The lowest BCUT2D eigenvalue weighted by atomic mass is 10.3. The number of nitrogens with one attached hydrogen (secondary N) is 1. The van der Waals surface area contributed by atoms with Gasteiger partial charge in [0.15, 0.2) is 0 Å². The Morgan fingerprint density at radius 2 is 2.15 bits per heavy atom. The highest BCUT2D eigenvalue weighted by molar-refractivity contribution is 7.18. The van der Waals surface area contributed by atoms with Crippen molar-refractivity contribution >= 4 is 33.3 Å². The first-order valence-corrected chi connectivity index (χ1v) is 7.77. The quantitative estimate of drug-likeness (QED) is 0.767. The number of unbranched alkanes of at least 4 members (excludes halogenated alkanes) is 1. The minimum atomic E-state index is 0.304. The van der Waals surface area contributed by atoms with E-state index >= 15 is 0 Å². The van der Waals surface area contributed by atoms with E-state index in [9.17, 15) is 0 Å². The smallest absolute Gasteiger partial charge is 0.223 e. The summed E-state index contributed by atoms with van der Waals surface area (Å²) in [6.07, 6.45) is 2.39. The molecule has 110 valence electrons. The van der Waals surface area contributed by atoms with E-state index in [2.05, 4.69) is 42.1 Å². The number of nitrogens with zero attached hydrogens (tertiary/aromatic N) is 2. The molecule has 0 aliphatic carbocycles. The Morgan fingerprint density at radius 3 is 2.90 bits per heavy atom. The number of nitrogens with two attached hydrogens (primary N) is 1. The summed E-state index contributed by atoms with van der Waals surface area (Å²) in [6.45, 7) is 7.84. The second-order valence-corrected chi connectivity index (χ2v) is 6.29. The highest BCUT2D eigenvalue weighted by atomic mass is 32.1. The van der Waals surface area contributed by atoms with Gasteiger partial charge in [0.05, 0.1) is 11.5 Å². The summed E-state index contributed by atoms with van der Waals surface area (Å²) in [7, 11) is 0. The van der Waals surface area contributed by atoms with Gasteiger partial charge in [-0.3, -0.25) is 0 Å². The van der Waals surface area contributed by atoms with Gasteiger partial charge in [-0.15, -0.1) is 11.3 Å². The second kappa shape index (κ2) is 6.85. The topological polar surface area (TPSA) is 73.1 Å². The van der Waals surface area contributed by atoms with Crippen LogP contribution in [0, 0.1) is 6.92 Å². The van der Waals surface area contributed by atoms with Gasteiger partial charge in [-0.2, -0.15) is 4.98 Å². The predicted octanol–water partition coefficient (Wildman–Crippen LogP) is 3.20. The fourth-order valence-corrected chi connectivity index (χ4v) is 2.83. The molecule has 20 heavy (non-hydrogen) atoms. The van der Waals surface area contributed by atoms with Crippen molar-refractivity contribution in [3.8, 4) is 0 Å². The van der Waals surface area contributed by atoms with E-state index in [1.807, 2.05) is 0 Å². The van der Waals surface area contributed by atoms with Gasteiger partial charge in [0.25, 0.3) is 0 Å². The van der Waals surface area contributed by atoms with Crippen LogP contribution in [0.15, 0.2) is 6.07 Å². The van der Waals surface area contributed by atoms with Crippen molar-refractivity contribution in [1.29, 1.82) is 0 Å². The number of aromatic nitrogens is 2.